The first kappa shape index (κ1) is 13.6. The van der Waals surface area contributed by atoms with Crippen molar-refractivity contribution in [1.29, 1.82) is 0 Å². The summed E-state index contributed by atoms with van der Waals surface area (Å²) in [6.07, 6.45) is 3.09. The van der Waals surface area contributed by atoms with E-state index in [9.17, 15) is 19.5 Å². The third-order valence-corrected chi connectivity index (χ3v) is 7.05. The van der Waals surface area contributed by atoms with Crippen LogP contribution in [0, 0.1) is 28.6 Å². The van der Waals surface area contributed by atoms with Gasteiger partial charge in [-0.15, -0.1) is 0 Å². The molecule has 5 unspecified atom stereocenters. The van der Waals surface area contributed by atoms with Gasteiger partial charge in [0.1, 0.15) is 5.57 Å². The topological polar surface area (TPSA) is 89.9 Å². The lowest BCUT2D eigenvalue weighted by atomic mass is 9.30. The van der Waals surface area contributed by atoms with E-state index in [1.54, 1.807) is 0 Å². The van der Waals surface area contributed by atoms with E-state index in [1.165, 1.54) is 13.8 Å². The minimum absolute atomic E-state index is 0.0346. The molecule has 5 fully saturated rings. The first-order valence-corrected chi connectivity index (χ1v) is 8.16. The zero-order chi connectivity index (χ0) is 16.4. The zero-order valence-corrected chi connectivity index (χ0v) is 13.0. The van der Waals surface area contributed by atoms with Gasteiger partial charge in [-0.3, -0.25) is 4.79 Å². The molecule has 4 saturated carbocycles. The quantitative estimate of drug-likeness (QED) is 0.449. The maximum Gasteiger partial charge on any atom is 0.348 e. The highest BCUT2D eigenvalue weighted by Crippen LogP contribution is 2.88. The van der Waals surface area contributed by atoms with Gasteiger partial charge in [0.15, 0.2) is 0 Å². The Morgan fingerprint density at radius 2 is 1.74 bits per heavy atom. The molecule has 6 heteroatoms. The summed E-state index contributed by atoms with van der Waals surface area (Å²) in [5, 5.41) is 9.72. The number of hydrogen-bond acceptors (Lipinski definition) is 5. The Labute approximate surface area is 132 Å². The van der Waals surface area contributed by atoms with Crippen LogP contribution in [0.3, 0.4) is 0 Å². The van der Waals surface area contributed by atoms with Crippen molar-refractivity contribution >= 4 is 17.9 Å². The van der Waals surface area contributed by atoms with Crippen LogP contribution in [0.1, 0.15) is 39.5 Å². The maximum absolute atomic E-state index is 12.3. The zero-order valence-electron chi connectivity index (χ0n) is 13.0. The number of ether oxygens (including phenoxy) is 2. The van der Waals surface area contributed by atoms with Crippen molar-refractivity contribution in [2.75, 3.05) is 0 Å². The molecule has 1 saturated heterocycles. The predicted molar refractivity (Wildman–Crippen MR) is 74.7 cm³/mol. The molecule has 5 atom stereocenters. The molecule has 1 spiro atoms. The molecule has 5 rings (SSSR count). The van der Waals surface area contributed by atoms with Gasteiger partial charge in [-0.25, -0.2) is 9.59 Å². The van der Waals surface area contributed by atoms with Gasteiger partial charge in [0.05, 0.1) is 5.41 Å². The minimum atomic E-state index is -1.24. The molecule has 5 aliphatic rings. The van der Waals surface area contributed by atoms with Crippen molar-refractivity contribution in [3.63, 3.8) is 0 Å². The Hall–Kier alpha value is -1.85. The van der Waals surface area contributed by atoms with Gasteiger partial charge in [0.2, 0.25) is 0 Å². The summed E-state index contributed by atoms with van der Waals surface area (Å²) in [5.41, 5.74) is 0.00206. The lowest BCUT2D eigenvalue weighted by Gasteiger charge is -2.72. The number of rotatable bonds is 1. The molecule has 0 aromatic rings. The van der Waals surface area contributed by atoms with E-state index < -0.39 is 29.1 Å². The molecular formula is C17H18O6. The molecule has 23 heavy (non-hydrogen) atoms. The fraction of sp³-hybridized carbons (Fsp3) is 0.706. The second-order valence-corrected chi connectivity index (χ2v) is 8.26. The normalized spacial score (nSPS) is 48.2. The standard InChI is InChI=1S/C17H18O6/c1-15(2)22-12(18)11(13(19)23-15)10-8-3-7-4-16(14(20)21)6-9(10)17(8,16)5-7/h7-9H,3-6H2,1-2H3,(H,20,21). The molecule has 6 nitrogen and oxygen atoms in total. The average Bonchev–Trinajstić information content (AvgIpc) is 2.88. The lowest BCUT2D eigenvalue weighted by Crippen LogP contribution is -2.71. The van der Waals surface area contributed by atoms with Crippen molar-refractivity contribution in [2.45, 2.75) is 45.3 Å². The molecule has 1 N–H and O–H groups in total. The van der Waals surface area contributed by atoms with E-state index in [0.717, 1.165) is 24.8 Å². The molecule has 122 valence electrons. The van der Waals surface area contributed by atoms with Crippen LogP contribution in [0.4, 0.5) is 0 Å². The molecule has 1 aliphatic heterocycles. The van der Waals surface area contributed by atoms with Crippen LogP contribution in [0.2, 0.25) is 0 Å². The van der Waals surface area contributed by atoms with Gasteiger partial charge >= 0.3 is 17.9 Å². The fourth-order valence-corrected chi connectivity index (χ4v) is 6.55. The van der Waals surface area contributed by atoms with Gasteiger partial charge < -0.3 is 14.6 Å². The van der Waals surface area contributed by atoms with Crippen LogP contribution >= 0.6 is 0 Å². The third-order valence-electron chi connectivity index (χ3n) is 7.05. The van der Waals surface area contributed by atoms with Crippen molar-refractivity contribution in [3.8, 4) is 0 Å². The number of carboxylic acids is 1. The number of carbonyl (C=O) groups excluding carboxylic acids is 2. The third kappa shape index (κ3) is 1.21. The Balaban J connectivity index is 1.58. The highest BCUT2D eigenvalue weighted by molar-refractivity contribution is 6.16. The Morgan fingerprint density at radius 3 is 2.35 bits per heavy atom. The van der Waals surface area contributed by atoms with E-state index in [4.69, 9.17) is 9.47 Å². The molecular weight excluding hydrogens is 300 g/mol. The number of aliphatic carboxylic acids is 1. The second kappa shape index (κ2) is 3.47. The summed E-state index contributed by atoms with van der Waals surface area (Å²) in [5.74, 6) is -2.72. The van der Waals surface area contributed by atoms with E-state index >= 15 is 0 Å². The molecule has 1 heterocycles. The highest BCUT2D eigenvalue weighted by Gasteiger charge is 2.85. The average molecular weight is 318 g/mol. The number of esters is 2. The number of fused-ring (bicyclic) bond motifs is 1. The number of allylic oxidation sites excluding steroid dienone is 1. The van der Waals surface area contributed by atoms with Gasteiger partial charge in [0.25, 0.3) is 5.79 Å². The Bertz CT molecular complexity index is 711. The van der Waals surface area contributed by atoms with Gasteiger partial charge in [-0.2, -0.15) is 0 Å². The number of carbonyl (C=O) groups is 3. The van der Waals surface area contributed by atoms with Crippen LogP contribution in [0.5, 0.6) is 0 Å². The van der Waals surface area contributed by atoms with E-state index in [0.29, 0.717) is 12.3 Å². The van der Waals surface area contributed by atoms with Gasteiger partial charge in [-0.1, -0.05) is 0 Å². The lowest BCUT2D eigenvalue weighted by molar-refractivity contribution is -0.228. The minimum Gasteiger partial charge on any atom is -0.481 e. The molecule has 4 aliphatic carbocycles. The smallest absolute Gasteiger partial charge is 0.348 e. The van der Waals surface area contributed by atoms with E-state index in [-0.39, 0.29) is 22.8 Å². The Morgan fingerprint density at radius 1 is 1.09 bits per heavy atom. The first-order chi connectivity index (χ1) is 10.7. The largest absolute Gasteiger partial charge is 0.481 e. The van der Waals surface area contributed by atoms with Crippen LogP contribution in [-0.2, 0) is 23.9 Å². The molecule has 0 radical (unpaired) electrons. The maximum atomic E-state index is 12.3. The summed E-state index contributed by atoms with van der Waals surface area (Å²) in [6, 6.07) is 0. The summed E-state index contributed by atoms with van der Waals surface area (Å²) in [4.78, 5) is 36.5. The summed E-state index contributed by atoms with van der Waals surface area (Å²) in [6.45, 7) is 3.06. The molecule has 0 aromatic heterocycles. The number of hydrogen-bond donors (Lipinski definition) is 1. The van der Waals surface area contributed by atoms with E-state index in [1.807, 2.05) is 0 Å². The highest BCUT2D eigenvalue weighted by atomic mass is 16.7. The number of cyclic esters (lactones) is 2. The SMILES string of the molecule is CC1(C)OC(=O)C(=C2C3CC4CC5(C(=O)O)CC2C35C4)C(=O)O1. The van der Waals surface area contributed by atoms with Crippen LogP contribution in [0.15, 0.2) is 11.1 Å². The molecule has 2 bridgehead atoms. The molecule has 0 aromatic carbocycles. The first-order valence-electron chi connectivity index (χ1n) is 8.16. The van der Waals surface area contributed by atoms with Crippen molar-refractivity contribution < 1.29 is 29.0 Å². The van der Waals surface area contributed by atoms with Crippen molar-refractivity contribution in [3.05, 3.63) is 11.1 Å². The van der Waals surface area contributed by atoms with Gasteiger partial charge in [-0.05, 0) is 54.4 Å². The van der Waals surface area contributed by atoms with E-state index in [2.05, 4.69) is 0 Å². The summed E-state index contributed by atoms with van der Waals surface area (Å²) in [7, 11) is 0. The fourth-order valence-electron chi connectivity index (χ4n) is 6.55. The van der Waals surface area contributed by atoms with Crippen LogP contribution in [0.25, 0.3) is 0 Å². The molecule has 0 amide bonds. The van der Waals surface area contributed by atoms with Crippen LogP contribution in [-0.4, -0.2) is 28.8 Å². The van der Waals surface area contributed by atoms with Crippen molar-refractivity contribution in [2.24, 2.45) is 28.6 Å². The van der Waals surface area contributed by atoms with Crippen molar-refractivity contribution in [1.82, 2.24) is 0 Å². The predicted octanol–water partition coefficient (Wildman–Crippen LogP) is 1.64. The number of carboxylic acid groups (broad SMARTS) is 1. The summed E-state index contributed by atoms with van der Waals surface area (Å²) < 4.78 is 10.4. The summed E-state index contributed by atoms with van der Waals surface area (Å²) >= 11 is 0. The second-order valence-electron chi connectivity index (χ2n) is 8.26. The van der Waals surface area contributed by atoms with Gasteiger partial charge in [0, 0.05) is 13.8 Å². The monoisotopic (exact) mass is 318 g/mol. The van der Waals surface area contributed by atoms with Crippen LogP contribution < -0.4 is 0 Å². The Kier molecular flexibility index (Phi) is 2.05.